The van der Waals surface area contributed by atoms with Crippen molar-refractivity contribution in [2.45, 2.75) is 59.3 Å². The number of hydrogen-bond acceptors (Lipinski definition) is 4. The molecule has 0 saturated heterocycles. The molecule has 0 saturated carbocycles. The van der Waals surface area contributed by atoms with Gasteiger partial charge in [-0.3, -0.25) is 4.79 Å². The molecule has 0 radical (unpaired) electrons. The van der Waals surface area contributed by atoms with Crippen molar-refractivity contribution in [2.24, 2.45) is 0 Å². The zero-order valence-corrected chi connectivity index (χ0v) is 22.7. The fourth-order valence-electron chi connectivity index (χ4n) is 3.35. The van der Waals surface area contributed by atoms with Crippen molar-refractivity contribution in [1.29, 1.82) is 0 Å². The summed E-state index contributed by atoms with van der Waals surface area (Å²) < 4.78 is 6.11. The third-order valence-electron chi connectivity index (χ3n) is 5.00. The quantitative estimate of drug-likeness (QED) is 0.159. The van der Waals surface area contributed by atoms with Gasteiger partial charge in [0, 0.05) is 30.8 Å². The number of halogens is 2. The summed E-state index contributed by atoms with van der Waals surface area (Å²) >= 11 is 11.8. The van der Waals surface area contributed by atoms with Crippen LogP contribution in [0.4, 0.5) is 5.69 Å². The van der Waals surface area contributed by atoms with E-state index in [1.54, 1.807) is 6.07 Å². The molecule has 4 nitrogen and oxygen atoms in total. The number of aliphatic hydroxyl groups is 1. The van der Waals surface area contributed by atoms with Crippen LogP contribution in [-0.2, 0) is 6.42 Å². The normalized spacial score (nSPS) is 9.74. The highest BCUT2D eigenvalue weighted by atomic mass is 35.5. The second-order valence-corrected chi connectivity index (χ2v) is 8.04. The lowest BCUT2D eigenvalue weighted by Crippen LogP contribution is -2.25. The van der Waals surface area contributed by atoms with E-state index >= 15 is 0 Å². The van der Waals surface area contributed by atoms with E-state index in [0.29, 0.717) is 12.2 Å². The summed E-state index contributed by atoms with van der Waals surface area (Å²) in [5, 5.41) is 7.32. The molecule has 0 bridgehead atoms. The van der Waals surface area contributed by atoms with Gasteiger partial charge in [0.05, 0.1) is 12.3 Å². The number of ether oxygens (including phenoxy) is 1. The summed E-state index contributed by atoms with van der Waals surface area (Å²) in [6.07, 6.45) is 8.03. The van der Waals surface area contributed by atoms with Gasteiger partial charge >= 0.3 is 0 Å². The van der Waals surface area contributed by atoms with Crippen molar-refractivity contribution < 1.29 is 14.6 Å². The summed E-state index contributed by atoms with van der Waals surface area (Å²) in [6, 6.07) is 13.4. The first-order valence-corrected chi connectivity index (χ1v) is 12.8. The average Bonchev–Trinajstić information content (AvgIpc) is 2.86. The van der Waals surface area contributed by atoms with E-state index in [-0.39, 0.29) is 0 Å². The van der Waals surface area contributed by atoms with Crippen LogP contribution < -0.4 is 9.64 Å². The van der Waals surface area contributed by atoms with Crippen LogP contribution in [0.15, 0.2) is 55.1 Å². The fraction of sp³-hybridized carbons (Fsp3) is 0.464. The average molecular weight is 511 g/mol. The summed E-state index contributed by atoms with van der Waals surface area (Å²) in [5.41, 5.74) is 2.66. The number of benzene rings is 2. The molecule has 0 spiro atoms. The number of anilines is 1. The summed E-state index contributed by atoms with van der Waals surface area (Å²) in [6.45, 7) is 12.2. The van der Waals surface area contributed by atoms with Crippen LogP contribution in [0, 0.1) is 0 Å². The van der Waals surface area contributed by atoms with E-state index in [4.69, 9.17) is 33.0 Å². The molecule has 2 aromatic rings. The van der Waals surface area contributed by atoms with E-state index in [1.165, 1.54) is 5.56 Å². The molecule has 6 heteroatoms. The van der Waals surface area contributed by atoms with E-state index in [2.05, 4.69) is 24.5 Å². The van der Waals surface area contributed by atoms with Crippen molar-refractivity contribution >= 4 is 34.1 Å². The number of hydrogen-bond donors (Lipinski definition) is 1. The van der Waals surface area contributed by atoms with Crippen LogP contribution in [0.25, 0.3) is 0 Å². The minimum atomic E-state index is -0.452. The molecular weight excluding hydrogens is 469 g/mol. The van der Waals surface area contributed by atoms with Gasteiger partial charge in [-0.05, 0) is 92.9 Å². The molecule has 0 amide bonds. The Hall–Kier alpha value is -2.01. The SMILES string of the molecule is C=CCCCCN(CC)c1cc(C(=O)Cl)ccc1OCCCCc1cccc(Cl)c1.CC.CO. The van der Waals surface area contributed by atoms with Crippen molar-refractivity contribution in [1.82, 2.24) is 0 Å². The summed E-state index contributed by atoms with van der Waals surface area (Å²) in [7, 11) is 1.00. The lowest BCUT2D eigenvalue weighted by molar-refractivity contribution is 0.108. The molecular formula is C28H41Cl2NO3. The minimum Gasteiger partial charge on any atom is -0.491 e. The Bertz CT molecular complexity index is 827. The molecule has 0 aliphatic carbocycles. The first-order chi connectivity index (χ1) is 16.5. The van der Waals surface area contributed by atoms with Crippen LogP contribution in [0.1, 0.15) is 68.8 Å². The Morgan fingerprint density at radius 3 is 2.44 bits per heavy atom. The zero-order valence-electron chi connectivity index (χ0n) is 21.2. The van der Waals surface area contributed by atoms with E-state index in [9.17, 15) is 4.79 Å². The number of allylic oxidation sites excluding steroid dienone is 1. The van der Waals surface area contributed by atoms with Crippen molar-refractivity contribution in [3.8, 4) is 5.75 Å². The number of aliphatic hydroxyl groups excluding tert-OH is 1. The molecule has 0 unspecified atom stereocenters. The van der Waals surface area contributed by atoms with E-state index in [0.717, 1.165) is 75.2 Å². The van der Waals surface area contributed by atoms with E-state index < -0.39 is 5.24 Å². The van der Waals surface area contributed by atoms with Gasteiger partial charge in [0.1, 0.15) is 5.75 Å². The summed E-state index contributed by atoms with van der Waals surface area (Å²) in [5.74, 6) is 0.796. The summed E-state index contributed by atoms with van der Waals surface area (Å²) in [4.78, 5) is 13.9. The zero-order chi connectivity index (χ0) is 25.8. The second kappa shape index (κ2) is 20.4. The molecule has 0 fully saturated rings. The molecule has 0 aromatic heterocycles. The van der Waals surface area contributed by atoms with Gasteiger partial charge in [-0.1, -0.05) is 43.7 Å². The van der Waals surface area contributed by atoms with E-state index in [1.807, 2.05) is 50.3 Å². The topological polar surface area (TPSA) is 49.8 Å². The van der Waals surface area contributed by atoms with Crippen LogP contribution in [-0.4, -0.2) is 37.2 Å². The fourth-order valence-corrected chi connectivity index (χ4v) is 3.69. The molecule has 2 aromatic carbocycles. The Morgan fingerprint density at radius 1 is 1.09 bits per heavy atom. The third-order valence-corrected chi connectivity index (χ3v) is 5.45. The smallest absolute Gasteiger partial charge is 0.252 e. The Labute approximate surface area is 216 Å². The van der Waals surface area contributed by atoms with Gasteiger partial charge in [0.15, 0.2) is 0 Å². The first-order valence-electron chi connectivity index (χ1n) is 12.1. The van der Waals surface area contributed by atoms with Crippen LogP contribution in [0.5, 0.6) is 5.75 Å². The number of aryl methyl sites for hydroxylation is 1. The predicted octanol–water partition coefficient (Wildman–Crippen LogP) is 7.94. The second-order valence-electron chi connectivity index (χ2n) is 7.26. The maximum absolute atomic E-state index is 11.7. The molecule has 0 atom stereocenters. The van der Waals surface area contributed by atoms with Crippen molar-refractivity contribution in [3.05, 3.63) is 71.3 Å². The largest absolute Gasteiger partial charge is 0.491 e. The maximum atomic E-state index is 11.7. The lowest BCUT2D eigenvalue weighted by atomic mass is 10.1. The highest BCUT2D eigenvalue weighted by Crippen LogP contribution is 2.31. The van der Waals surface area contributed by atoms with Crippen LogP contribution in [0.3, 0.4) is 0 Å². The predicted molar refractivity (Wildman–Crippen MR) is 148 cm³/mol. The molecule has 0 aliphatic rings. The number of nitrogens with zero attached hydrogens (tertiary/aromatic N) is 1. The van der Waals surface area contributed by atoms with Gasteiger partial charge in [-0.15, -0.1) is 6.58 Å². The van der Waals surface area contributed by atoms with Gasteiger partial charge < -0.3 is 14.7 Å². The Balaban J connectivity index is 0.00000258. The maximum Gasteiger partial charge on any atom is 0.252 e. The standard InChI is InChI=1S/C25H31Cl2NO2.C2H6.CH4O/c1-3-5-6-8-16-28(4-2)23-19-21(25(27)29)14-15-24(23)30-17-9-7-11-20-12-10-13-22(26)18-20;2*1-2/h3,10,12-15,18-19H,1,4-9,11,16-17H2,2H3;1-2H3;2H,1H3. The van der Waals surface area contributed by atoms with Crippen LogP contribution in [0.2, 0.25) is 5.02 Å². The minimum absolute atomic E-state index is 0.452. The van der Waals surface area contributed by atoms with Crippen LogP contribution >= 0.6 is 23.2 Å². The highest BCUT2D eigenvalue weighted by Gasteiger charge is 2.14. The number of unbranched alkanes of at least 4 members (excludes halogenated alkanes) is 3. The van der Waals surface area contributed by atoms with Gasteiger partial charge in [0.25, 0.3) is 5.24 Å². The monoisotopic (exact) mass is 509 g/mol. The van der Waals surface area contributed by atoms with Crippen molar-refractivity contribution in [3.63, 3.8) is 0 Å². The van der Waals surface area contributed by atoms with Gasteiger partial charge in [-0.25, -0.2) is 0 Å². The highest BCUT2D eigenvalue weighted by molar-refractivity contribution is 6.67. The van der Waals surface area contributed by atoms with Crippen molar-refractivity contribution in [2.75, 3.05) is 31.7 Å². The Kier molecular flexibility index (Phi) is 19.2. The number of carbonyl (C=O) groups is 1. The molecule has 190 valence electrons. The molecule has 2 rings (SSSR count). The molecule has 0 heterocycles. The van der Waals surface area contributed by atoms with Gasteiger partial charge in [0.2, 0.25) is 0 Å². The lowest BCUT2D eigenvalue weighted by Gasteiger charge is -2.26. The Morgan fingerprint density at radius 2 is 1.82 bits per heavy atom. The number of rotatable bonds is 14. The molecule has 0 aliphatic heterocycles. The third kappa shape index (κ3) is 12.5. The number of carbonyl (C=O) groups excluding carboxylic acids is 1. The first kappa shape index (κ1) is 32.0. The molecule has 34 heavy (non-hydrogen) atoms. The molecule has 1 N–H and O–H groups in total. The van der Waals surface area contributed by atoms with Gasteiger partial charge in [-0.2, -0.15) is 0 Å².